The minimum absolute atomic E-state index is 0.0462. The summed E-state index contributed by atoms with van der Waals surface area (Å²) in [6.07, 6.45) is 0. The van der Waals surface area contributed by atoms with Gasteiger partial charge in [-0.3, -0.25) is 0 Å². The first-order valence-corrected chi connectivity index (χ1v) is 7.47. The summed E-state index contributed by atoms with van der Waals surface area (Å²) in [6.45, 7) is 3.61. The zero-order chi connectivity index (χ0) is 14.5. The topological polar surface area (TPSA) is 32.7 Å². The number of rotatable bonds is 4. The maximum Gasteiger partial charge on any atom is 0.0642 e. The molecule has 0 amide bonds. The first kappa shape index (κ1) is 14.1. The molecule has 0 aliphatic carbocycles. The predicted octanol–water partition coefficient (Wildman–Crippen LogP) is 2.65. The fourth-order valence-corrected chi connectivity index (χ4v) is 2.83. The van der Waals surface area contributed by atoms with Gasteiger partial charge < -0.3 is 14.7 Å². The Hall–Kier alpha value is -1.84. The third-order valence-electron chi connectivity index (χ3n) is 4.06. The monoisotopic (exact) mass is 283 g/mol. The smallest absolute Gasteiger partial charge is 0.0642 e. The predicted molar refractivity (Wildman–Crippen MR) is 84.8 cm³/mol. The van der Waals surface area contributed by atoms with Crippen LogP contribution >= 0.6 is 0 Å². The van der Waals surface area contributed by atoms with Gasteiger partial charge in [0.05, 0.1) is 19.8 Å². The maximum absolute atomic E-state index is 9.72. The standard InChI is InChI=1S/C18H21NO2/c20-14-18(15-4-2-1-3-5-15)16-6-8-17(9-7-16)19-10-12-21-13-11-19/h1-9,18,20H,10-14H2. The molecule has 3 rings (SSSR count). The van der Waals surface area contributed by atoms with E-state index in [1.54, 1.807) is 0 Å². The Bertz CT molecular complexity index is 547. The second-order valence-corrected chi connectivity index (χ2v) is 5.34. The molecule has 1 aliphatic heterocycles. The summed E-state index contributed by atoms with van der Waals surface area (Å²) in [5, 5.41) is 9.72. The highest BCUT2D eigenvalue weighted by atomic mass is 16.5. The zero-order valence-corrected chi connectivity index (χ0v) is 12.1. The Morgan fingerprint density at radius 2 is 1.52 bits per heavy atom. The lowest BCUT2D eigenvalue weighted by Crippen LogP contribution is -2.36. The van der Waals surface area contributed by atoms with Gasteiger partial charge in [0.2, 0.25) is 0 Å². The van der Waals surface area contributed by atoms with Crippen molar-refractivity contribution in [3.8, 4) is 0 Å². The van der Waals surface area contributed by atoms with Crippen LogP contribution in [0.3, 0.4) is 0 Å². The quantitative estimate of drug-likeness (QED) is 0.936. The van der Waals surface area contributed by atoms with E-state index in [0.717, 1.165) is 37.4 Å². The highest BCUT2D eigenvalue weighted by Gasteiger charge is 2.15. The lowest BCUT2D eigenvalue weighted by Gasteiger charge is -2.29. The second-order valence-electron chi connectivity index (χ2n) is 5.34. The molecule has 2 aromatic carbocycles. The molecule has 0 spiro atoms. The average Bonchev–Trinajstić information content (AvgIpc) is 2.58. The minimum atomic E-state index is 0.0462. The molecule has 0 saturated carbocycles. The van der Waals surface area contributed by atoms with E-state index < -0.39 is 0 Å². The molecule has 1 saturated heterocycles. The summed E-state index contributed by atoms with van der Waals surface area (Å²) in [5.74, 6) is 0.0462. The van der Waals surface area contributed by atoms with Gasteiger partial charge in [0.25, 0.3) is 0 Å². The summed E-state index contributed by atoms with van der Waals surface area (Å²) in [7, 11) is 0. The van der Waals surface area contributed by atoms with Gasteiger partial charge in [0.15, 0.2) is 0 Å². The van der Waals surface area contributed by atoms with E-state index in [1.165, 1.54) is 5.69 Å². The van der Waals surface area contributed by atoms with Crippen LogP contribution in [0.2, 0.25) is 0 Å². The average molecular weight is 283 g/mol. The van der Waals surface area contributed by atoms with E-state index in [2.05, 4.69) is 41.3 Å². The van der Waals surface area contributed by atoms with Crippen LogP contribution < -0.4 is 4.90 Å². The van der Waals surface area contributed by atoms with Crippen LogP contribution in [0.4, 0.5) is 5.69 Å². The molecule has 21 heavy (non-hydrogen) atoms. The van der Waals surface area contributed by atoms with Crippen molar-refractivity contribution in [1.29, 1.82) is 0 Å². The van der Waals surface area contributed by atoms with Gasteiger partial charge >= 0.3 is 0 Å². The van der Waals surface area contributed by atoms with Gasteiger partial charge in [0, 0.05) is 24.7 Å². The SMILES string of the molecule is OCC(c1ccccc1)c1ccc(N2CCOCC2)cc1. The van der Waals surface area contributed by atoms with E-state index in [0.29, 0.717) is 0 Å². The molecule has 0 aromatic heterocycles. The van der Waals surface area contributed by atoms with Crippen LogP contribution in [-0.2, 0) is 4.74 Å². The van der Waals surface area contributed by atoms with Crippen LogP contribution in [-0.4, -0.2) is 38.0 Å². The van der Waals surface area contributed by atoms with Gasteiger partial charge in [-0.2, -0.15) is 0 Å². The maximum atomic E-state index is 9.72. The largest absolute Gasteiger partial charge is 0.395 e. The van der Waals surface area contributed by atoms with Crippen LogP contribution in [0.1, 0.15) is 17.0 Å². The molecule has 0 radical (unpaired) electrons. The molecule has 3 nitrogen and oxygen atoms in total. The van der Waals surface area contributed by atoms with Crippen LogP contribution in [0.5, 0.6) is 0 Å². The molecule has 1 fully saturated rings. The van der Waals surface area contributed by atoms with Gasteiger partial charge in [-0.15, -0.1) is 0 Å². The van der Waals surface area contributed by atoms with Crippen molar-refractivity contribution in [2.75, 3.05) is 37.8 Å². The second kappa shape index (κ2) is 6.74. The highest BCUT2D eigenvalue weighted by Crippen LogP contribution is 2.26. The molecule has 3 heteroatoms. The Balaban J connectivity index is 1.79. The molecule has 1 aliphatic rings. The van der Waals surface area contributed by atoms with E-state index in [1.807, 2.05) is 18.2 Å². The Morgan fingerprint density at radius 1 is 0.905 bits per heavy atom. The normalized spacial score (nSPS) is 16.7. The molecule has 1 heterocycles. The molecule has 1 N–H and O–H groups in total. The number of nitrogens with zero attached hydrogens (tertiary/aromatic N) is 1. The summed E-state index contributed by atoms with van der Waals surface area (Å²) >= 11 is 0. The van der Waals surface area contributed by atoms with Crippen molar-refractivity contribution >= 4 is 5.69 Å². The van der Waals surface area contributed by atoms with Crippen molar-refractivity contribution in [1.82, 2.24) is 0 Å². The van der Waals surface area contributed by atoms with Crippen LogP contribution in [0, 0.1) is 0 Å². The summed E-state index contributed by atoms with van der Waals surface area (Å²) in [5.41, 5.74) is 3.53. The number of hydrogen-bond acceptors (Lipinski definition) is 3. The highest BCUT2D eigenvalue weighted by molar-refractivity contribution is 5.49. The third-order valence-corrected chi connectivity index (χ3v) is 4.06. The third kappa shape index (κ3) is 3.26. The minimum Gasteiger partial charge on any atom is -0.395 e. The number of aliphatic hydroxyl groups is 1. The van der Waals surface area contributed by atoms with Gasteiger partial charge in [-0.25, -0.2) is 0 Å². The van der Waals surface area contributed by atoms with E-state index in [-0.39, 0.29) is 12.5 Å². The number of anilines is 1. The zero-order valence-electron chi connectivity index (χ0n) is 12.1. The molecule has 1 unspecified atom stereocenters. The Labute approximate surface area is 125 Å². The van der Waals surface area contributed by atoms with Gasteiger partial charge in [0.1, 0.15) is 0 Å². The van der Waals surface area contributed by atoms with E-state index in [9.17, 15) is 5.11 Å². The lowest BCUT2D eigenvalue weighted by molar-refractivity contribution is 0.122. The molecular formula is C18H21NO2. The number of morpholine rings is 1. The number of aliphatic hydroxyl groups excluding tert-OH is 1. The summed E-state index contributed by atoms with van der Waals surface area (Å²) < 4.78 is 5.38. The fraction of sp³-hybridized carbons (Fsp3) is 0.333. The Kier molecular flexibility index (Phi) is 4.53. The van der Waals surface area contributed by atoms with E-state index >= 15 is 0 Å². The van der Waals surface area contributed by atoms with Crippen LogP contribution in [0.25, 0.3) is 0 Å². The number of hydrogen-bond donors (Lipinski definition) is 1. The first-order valence-electron chi connectivity index (χ1n) is 7.47. The fourth-order valence-electron chi connectivity index (χ4n) is 2.83. The number of ether oxygens (including phenoxy) is 1. The Morgan fingerprint density at radius 3 is 2.14 bits per heavy atom. The molecular weight excluding hydrogens is 262 g/mol. The molecule has 0 bridgehead atoms. The van der Waals surface area contributed by atoms with E-state index in [4.69, 9.17) is 4.74 Å². The van der Waals surface area contributed by atoms with Gasteiger partial charge in [-0.1, -0.05) is 42.5 Å². The molecule has 1 atom stereocenters. The van der Waals surface area contributed by atoms with Crippen molar-refractivity contribution < 1.29 is 9.84 Å². The first-order chi connectivity index (χ1) is 10.4. The summed E-state index contributed by atoms with van der Waals surface area (Å²) in [4.78, 5) is 2.34. The van der Waals surface area contributed by atoms with Crippen LogP contribution in [0.15, 0.2) is 54.6 Å². The number of benzene rings is 2. The van der Waals surface area contributed by atoms with Crippen molar-refractivity contribution in [3.05, 3.63) is 65.7 Å². The lowest BCUT2D eigenvalue weighted by atomic mass is 9.92. The molecule has 2 aromatic rings. The van der Waals surface area contributed by atoms with Crippen molar-refractivity contribution in [2.45, 2.75) is 5.92 Å². The molecule has 110 valence electrons. The van der Waals surface area contributed by atoms with Crippen molar-refractivity contribution in [3.63, 3.8) is 0 Å². The van der Waals surface area contributed by atoms with Gasteiger partial charge in [-0.05, 0) is 23.3 Å². The summed E-state index contributed by atoms with van der Waals surface area (Å²) in [6, 6.07) is 18.7. The van der Waals surface area contributed by atoms with Crippen molar-refractivity contribution in [2.24, 2.45) is 0 Å².